The van der Waals surface area contributed by atoms with Crippen molar-refractivity contribution < 1.29 is 41.5 Å². The van der Waals surface area contributed by atoms with Gasteiger partial charge in [-0.05, 0) is 66.2 Å². The molecule has 1 saturated heterocycles. The number of guanidine groups is 1. The van der Waals surface area contributed by atoms with Gasteiger partial charge < -0.3 is 23.6 Å². The number of aliphatic imine (C=N–C) groups is 1. The van der Waals surface area contributed by atoms with E-state index >= 15 is 0 Å². The van der Waals surface area contributed by atoms with Crippen LogP contribution in [-0.4, -0.2) is 64.1 Å². The highest BCUT2D eigenvalue weighted by atomic mass is 19.4. The number of halogens is 3. The van der Waals surface area contributed by atoms with Crippen molar-refractivity contribution in [3.63, 3.8) is 0 Å². The quantitative estimate of drug-likeness (QED) is 0.158. The van der Waals surface area contributed by atoms with Crippen LogP contribution in [0.3, 0.4) is 0 Å². The lowest BCUT2D eigenvalue weighted by Gasteiger charge is -2.39. The third kappa shape index (κ3) is 11.5. The number of unbranched alkanes of at least 4 members (excludes halogenated alkanes) is 5. The molecule has 2 aromatic rings. The molecule has 1 fully saturated rings. The van der Waals surface area contributed by atoms with E-state index in [1.54, 1.807) is 46.4 Å². The molecule has 1 aromatic heterocycles. The second kappa shape index (κ2) is 15.0. The number of nitrogens with one attached hydrogen (secondary N) is 1. The lowest BCUT2D eigenvalue weighted by molar-refractivity contribution is -0.138. The number of carbonyl (C=O) groups is 2. The van der Waals surface area contributed by atoms with Gasteiger partial charge in [-0.15, -0.1) is 4.99 Å². The predicted octanol–water partition coefficient (Wildman–Crippen LogP) is 7.71. The van der Waals surface area contributed by atoms with Gasteiger partial charge in [-0.1, -0.05) is 44.2 Å². The Hall–Kier alpha value is -3.84. The molecule has 0 radical (unpaired) electrons. The van der Waals surface area contributed by atoms with Gasteiger partial charge in [0, 0.05) is 18.7 Å². The summed E-state index contributed by atoms with van der Waals surface area (Å²) < 4.78 is 63.1. The van der Waals surface area contributed by atoms with Gasteiger partial charge in [0.25, 0.3) is 0 Å². The van der Waals surface area contributed by atoms with Crippen molar-refractivity contribution in [3.05, 3.63) is 29.7 Å². The van der Waals surface area contributed by atoms with Crippen molar-refractivity contribution >= 4 is 18.1 Å². The first-order valence-electron chi connectivity index (χ1n) is 15.2. The number of nitrogens with zero attached hydrogens (tertiary/aromatic N) is 4. The molecule has 1 N–H and O–H groups in total. The van der Waals surface area contributed by atoms with Gasteiger partial charge in [-0.25, -0.2) is 9.59 Å². The molecule has 0 spiro atoms. The molecular formula is C31H44F3N5O6. The van der Waals surface area contributed by atoms with Gasteiger partial charge in [0.05, 0.1) is 18.1 Å². The summed E-state index contributed by atoms with van der Waals surface area (Å²) >= 11 is 0. The average Bonchev–Trinajstić information content (AvgIpc) is 3.34. The van der Waals surface area contributed by atoms with Crippen LogP contribution in [-0.2, 0) is 15.7 Å². The molecule has 1 aliphatic heterocycles. The smallest absolute Gasteiger partial charge is 0.437 e. The zero-order chi connectivity index (χ0) is 33.4. The molecule has 250 valence electrons. The minimum absolute atomic E-state index is 0.00838. The van der Waals surface area contributed by atoms with Gasteiger partial charge >= 0.3 is 18.4 Å². The maximum absolute atomic E-state index is 13.9. The molecule has 0 aliphatic carbocycles. The first-order chi connectivity index (χ1) is 20.9. The van der Waals surface area contributed by atoms with Crippen molar-refractivity contribution in [1.29, 1.82) is 0 Å². The molecule has 1 aromatic carbocycles. The van der Waals surface area contributed by atoms with Gasteiger partial charge in [0.15, 0.2) is 0 Å². The van der Waals surface area contributed by atoms with Crippen molar-refractivity contribution in [1.82, 2.24) is 20.4 Å². The summed E-state index contributed by atoms with van der Waals surface area (Å²) in [5.74, 6) is -0.483. The molecule has 14 heteroatoms. The highest BCUT2D eigenvalue weighted by molar-refractivity contribution is 5.99. The zero-order valence-electron chi connectivity index (χ0n) is 27.0. The number of alkyl carbamates (subject to hydrolysis) is 1. The number of likely N-dealkylation sites (tertiary alicyclic amines) is 1. The van der Waals surface area contributed by atoms with Crippen molar-refractivity contribution in [3.8, 4) is 17.1 Å². The van der Waals surface area contributed by atoms with Crippen LogP contribution < -0.4 is 10.1 Å². The van der Waals surface area contributed by atoms with Gasteiger partial charge in [-0.2, -0.15) is 18.2 Å². The number of benzene rings is 1. The summed E-state index contributed by atoms with van der Waals surface area (Å²) in [5.41, 5.74) is -2.38. The molecule has 11 nitrogen and oxygen atoms in total. The molecule has 45 heavy (non-hydrogen) atoms. The lowest BCUT2D eigenvalue weighted by Crippen LogP contribution is -2.55. The number of alkyl halides is 3. The van der Waals surface area contributed by atoms with E-state index in [9.17, 15) is 22.8 Å². The number of rotatable bonds is 10. The molecule has 3 rings (SSSR count). The minimum atomic E-state index is -4.64. The van der Waals surface area contributed by atoms with E-state index in [-0.39, 0.29) is 54.6 Å². The van der Waals surface area contributed by atoms with Gasteiger partial charge in [-0.3, -0.25) is 5.32 Å². The fourth-order valence-corrected chi connectivity index (χ4v) is 4.35. The average molecular weight is 640 g/mol. The van der Waals surface area contributed by atoms with Gasteiger partial charge in [0.1, 0.15) is 17.0 Å². The first kappa shape index (κ1) is 35.6. The van der Waals surface area contributed by atoms with E-state index in [4.69, 9.17) is 18.7 Å². The normalized spacial score (nSPS) is 14.6. The van der Waals surface area contributed by atoms with E-state index in [2.05, 4.69) is 27.4 Å². The Balaban J connectivity index is 1.68. The predicted molar refractivity (Wildman–Crippen MR) is 161 cm³/mol. The molecular weight excluding hydrogens is 595 g/mol. The molecule has 0 bridgehead atoms. The Bertz CT molecular complexity index is 1320. The molecule has 0 unspecified atom stereocenters. The molecule has 0 saturated carbocycles. The van der Waals surface area contributed by atoms with Gasteiger partial charge in [0.2, 0.25) is 17.7 Å². The number of amides is 2. The number of hydrogen-bond donors (Lipinski definition) is 1. The topological polar surface area (TPSA) is 128 Å². The summed E-state index contributed by atoms with van der Waals surface area (Å²) in [6.45, 7) is 12.9. The second-order valence-electron chi connectivity index (χ2n) is 12.9. The highest BCUT2D eigenvalue weighted by Crippen LogP contribution is 2.39. The monoisotopic (exact) mass is 639 g/mol. The molecule has 1 aliphatic rings. The van der Waals surface area contributed by atoms with E-state index in [0.29, 0.717) is 6.42 Å². The largest absolute Gasteiger partial charge is 0.493 e. The number of hydrogen-bond acceptors (Lipinski definition) is 8. The Labute approximate surface area is 261 Å². The summed E-state index contributed by atoms with van der Waals surface area (Å²) in [6.07, 6.45) is -0.386. The van der Waals surface area contributed by atoms with Crippen molar-refractivity contribution in [2.45, 2.75) is 110 Å². The standard InChI is InChI=1S/C31H44F3N5O6/c1-8-9-10-11-12-13-16-42-23-15-14-20(17-22(23)31(32,33)34)24-35-25(45-38-24)21-18-39(19-21)26(36-27(40)43-29(2,3)4)37-28(41)44-30(5,6)7/h14-15,17,21H,8-13,16,18-19H2,1-7H3,(H,36,37,40,41). The first-order valence-corrected chi connectivity index (χ1v) is 15.2. The summed E-state index contributed by atoms with van der Waals surface area (Å²) in [4.78, 5) is 34.6. The summed E-state index contributed by atoms with van der Waals surface area (Å²) in [7, 11) is 0. The third-order valence-electron chi connectivity index (χ3n) is 6.47. The number of carbonyl (C=O) groups excluding carboxylic acids is 2. The van der Waals surface area contributed by atoms with Crippen LogP contribution in [0.2, 0.25) is 0 Å². The van der Waals surface area contributed by atoms with Crippen LogP contribution in [0.15, 0.2) is 27.7 Å². The maximum Gasteiger partial charge on any atom is 0.437 e. The summed E-state index contributed by atoms with van der Waals surface area (Å²) in [5, 5.41) is 6.37. The zero-order valence-corrected chi connectivity index (χ0v) is 27.0. The Morgan fingerprint density at radius 1 is 1.00 bits per heavy atom. The Kier molecular flexibility index (Phi) is 11.8. The lowest BCUT2D eigenvalue weighted by atomic mass is 10.0. The Morgan fingerprint density at radius 2 is 1.64 bits per heavy atom. The maximum atomic E-state index is 13.9. The molecule has 0 atom stereocenters. The molecule has 2 heterocycles. The van der Waals surface area contributed by atoms with Crippen LogP contribution >= 0.6 is 0 Å². The van der Waals surface area contributed by atoms with Crippen molar-refractivity contribution in [2.24, 2.45) is 4.99 Å². The fourth-order valence-electron chi connectivity index (χ4n) is 4.35. The van der Waals surface area contributed by atoms with Crippen LogP contribution in [0, 0.1) is 0 Å². The van der Waals surface area contributed by atoms with Crippen molar-refractivity contribution in [2.75, 3.05) is 19.7 Å². The van der Waals surface area contributed by atoms with E-state index in [1.165, 1.54) is 12.1 Å². The van der Waals surface area contributed by atoms with E-state index in [0.717, 1.165) is 38.2 Å². The highest BCUT2D eigenvalue weighted by Gasteiger charge is 2.38. The number of ether oxygens (including phenoxy) is 3. The fraction of sp³-hybridized carbons (Fsp3) is 0.645. The van der Waals surface area contributed by atoms with E-state index < -0.39 is 35.1 Å². The summed E-state index contributed by atoms with van der Waals surface area (Å²) in [6, 6.07) is 3.69. The minimum Gasteiger partial charge on any atom is -0.493 e. The third-order valence-corrected chi connectivity index (χ3v) is 6.47. The van der Waals surface area contributed by atoms with Crippen LogP contribution in [0.1, 0.15) is 104 Å². The van der Waals surface area contributed by atoms with Crippen LogP contribution in [0.25, 0.3) is 11.4 Å². The number of aromatic nitrogens is 2. The van der Waals surface area contributed by atoms with Crippen LogP contribution in [0.5, 0.6) is 5.75 Å². The second-order valence-corrected chi connectivity index (χ2v) is 12.9. The van der Waals surface area contributed by atoms with E-state index in [1.807, 2.05) is 0 Å². The Morgan fingerprint density at radius 3 is 2.27 bits per heavy atom. The SMILES string of the molecule is CCCCCCCCOc1ccc(-c2noc(C3CN(C(=NC(=O)OC(C)(C)C)NC(=O)OC(C)(C)C)C3)n2)cc1C(F)(F)F. The van der Waals surface area contributed by atoms with Crippen LogP contribution in [0.4, 0.5) is 22.8 Å². The molecule has 2 amide bonds.